The van der Waals surface area contributed by atoms with Crippen LogP contribution < -0.4 is 9.64 Å². The van der Waals surface area contributed by atoms with Crippen LogP contribution in [-0.4, -0.2) is 11.1 Å². The van der Waals surface area contributed by atoms with Crippen LogP contribution in [0.15, 0.2) is 140 Å². The van der Waals surface area contributed by atoms with Crippen molar-refractivity contribution in [1.29, 1.82) is 0 Å². The van der Waals surface area contributed by atoms with Gasteiger partial charge >= 0.3 is 0 Å². The van der Waals surface area contributed by atoms with Crippen molar-refractivity contribution >= 4 is 28.4 Å². The molecule has 0 aromatic heterocycles. The Morgan fingerprint density at radius 3 is 1.67 bits per heavy atom. The van der Waals surface area contributed by atoms with Gasteiger partial charge in [-0.3, -0.25) is 9.59 Å². The number of hydrogen-bond donors (Lipinski definition) is 0. The summed E-state index contributed by atoms with van der Waals surface area (Å²) in [6.45, 7) is 0. The highest BCUT2D eigenvalue weighted by molar-refractivity contribution is 6.63. The fourth-order valence-corrected chi connectivity index (χ4v) is 6.08. The molecule has 1 saturated heterocycles. The van der Waals surface area contributed by atoms with Crippen molar-refractivity contribution in [3.63, 3.8) is 0 Å². The molecule has 0 N–H and O–H groups in total. The van der Waals surface area contributed by atoms with Gasteiger partial charge in [-0.15, -0.1) is 0 Å². The molecule has 1 amide bonds. The quantitative estimate of drug-likeness (QED) is 0.0933. The maximum Gasteiger partial charge on any atom is 0.233 e. The summed E-state index contributed by atoms with van der Waals surface area (Å²) >= 11 is 5.63. The summed E-state index contributed by atoms with van der Waals surface area (Å²) in [5.74, 6) is -0.271. The molecule has 0 spiro atoms. The summed E-state index contributed by atoms with van der Waals surface area (Å²) in [6.07, 6.45) is 0.432. The van der Waals surface area contributed by atoms with Gasteiger partial charge in [0.1, 0.15) is 11.6 Å². The van der Waals surface area contributed by atoms with Gasteiger partial charge in [-0.2, -0.15) is 0 Å². The van der Waals surface area contributed by atoms with E-state index in [4.69, 9.17) is 16.3 Å². The summed E-state index contributed by atoms with van der Waals surface area (Å²) in [6, 6.07) is 43.6. The third kappa shape index (κ3) is 5.56. The van der Waals surface area contributed by atoms with E-state index in [1.807, 2.05) is 78.9 Å². The Morgan fingerprint density at radius 2 is 1.21 bits per heavy atom. The fraction of sp³-hybridized carbons (Fsp3) is 0.135. The van der Waals surface area contributed by atoms with Crippen molar-refractivity contribution in [2.75, 3.05) is 4.90 Å². The summed E-state index contributed by atoms with van der Waals surface area (Å²) in [7, 11) is 0. The minimum Gasteiger partial charge on any atom is -0.473 e. The highest BCUT2D eigenvalue weighted by Crippen LogP contribution is 2.47. The topological polar surface area (TPSA) is 46.6 Å². The predicted molar refractivity (Wildman–Crippen MR) is 166 cm³/mol. The minimum atomic E-state index is -0.929. The summed E-state index contributed by atoms with van der Waals surface area (Å²) in [5.41, 5.74) is 3.49. The number of ether oxygens (including phenoxy) is 1. The molecule has 1 fully saturated rings. The Hall–Kier alpha value is -4.74. The molecule has 6 heteroatoms. The van der Waals surface area contributed by atoms with Crippen LogP contribution in [0.1, 0.15) is 41.1 Å². The largest absolute Gasteiger partial charge is 0.473 e. The Labute approximate surface area is 255 Å². The Morgan fingerprint density at radius 1 is 0.721 bits per heavy atom. The van der Waals surface area contributed by atoms with Crippen LogP contribution in [-0.2, 0) is 15.2 Å². The van der Waals surface area contributed by atoms with E-state index in [0.29, 0.717) is 17.9 Å². The van der Waals surface area contributed by atoms with Crippen molar-refractivity contribution in [1.82, 2.24) is 0 Å². The van der Waals surface area contributed by atoms with Gasteiger partial charge in [0.05, 0.1) is 12.0 Å². The lowest BCUT2D eigenvalue weighted by Crippen LogP contribution is -2.55. The molecule has 0 saturated carbocycles. The molecule has 43 heavy (non-hydrogen) atoms. The second kappa shape index (κ2) is 12.2. The molecule has 1 aliphatic rings. The number of carbonyl (C=O) groups excluding carboxylic acids is 2. The van der Waals surface area contributed by atoms with E-state index in [1.54, 1.807) is 17.0 Å². The second-order valence-corrected chi connectivity index (χ2v) is 11.0. The molecule has 6 rings (SSSR count). The molecule has 0 aliphatic carbocycles. The number of amides is 1. The fourth-order valence-electron chi connectivity index (χ4n) is 5.98. The van der Waals surface area contributed by atoms with E-state index < -0.39 is 16.8 Å². The van der Waals surface area contributed by atoms with E-state index in [-0.39, 0.29) is 24.2 Å². The molecule has 0 radical (unpaired) electrons. The molecule has 2 unspecified atom stereocenters. The van der Waals surface area contributed by atoms with E-state index in [1.165, 1.54) is 12.1 Å². The molecule has 1 heterocycles. The Kier molecular flexibility index (Phi) is 8.08. The zero-order valence-corrected chi connectivity index (χ0v) is 24.0. The van der Waals surface area contributed by atoms with Gasteiger partial charge in [0, 0.05) is 28.8 Å². The zero-order valence-electron chi connectivity index (χ0n) is 23.3. The van der Waals surface area contributed by atoms with Crippen LogP contribution in [0.4, 0.5) is 10.1 Å². The molecule has 5 aromatic carbocycles. The highest BCUT2D eigenvalue weighted by Gasteiger charge is 2.48. The van der Waals surface area contributed by atoms with Crippen LogP contribution in [0.3, 0.4) is 0 Å². The van der Waals surface area contributed by atoms with Gasteiger partial charge in [0.2, 0.25) is 11.1 Å². The van der Waals surface area contributed by atoms with E-state index in [2.05, 4.69) is 36.4 Å². The van der Waals surface area contributed by atoms with Gasteiger partial charge in [-0.1, -0.05) is 103 Å². The van der Waals surface area contributed by atoms with Gasteiger partial charge in [-0.25, -0.2) is 4.39 Å². The third-order valence-corrected chi connectivity index (χ3v) is 8.19. The maximum atomic E-state index is 13.7. The average Bonchev–Trinajstić information content (AvgIpc) is 3.05. The standard InChI is InChI=1S/C37H29ClFNO3/c38-34(41)25-24-33-35(40(36(33)42)31-20-18-30(39)19-21-31)26-16-22-32(23-17-26)43-37(27-10-4-1-5-11-27,28-12-6-2-7-13-28)29-14-8-3-9-15-29/h1-23,33,35H,24-25H2. The molecule has 1 aliphatic heterocycles. The first-order chi connectivity index (χ1) is 21.0. The van der Waals surface area contributed by atoms with Crippen LogP contribution in [0.5, 0.6) is 5.75 Å². The first-order valence-electron chi connectivity index (χ1n) is 14.2. The number of rotatable bonds is 10. The van der Waals surface area contributed by atoms with Gasteiger partial charge in [0.15, 0.2) is 5.60 Å². The first-order valence-corrected chi connectivity index (χ1v) is 14.6. The average molecular weight is 590 g/mol. The van der Waals surface area contributed by atoms with Crippen molar-refractivity contribution in [2.24, 2.45) is 5.92 Å². The maximum absolute atomic E-state index is 13.7. The third-order valence-electron chi connectivity index (χ3n) is 8.00. The second-order valence-electron chi connectivity index (χ2n) is 10.6. The van der Waals surface area contributed by atoms with Crippen molar-refractivity contribution < 1.29 is 18.7 Å². The normalized spacial score (nSPS) is 16.4. The highest BCUT2D eigenvalue weighted by atomic mass is 35.5. The van der Waals surface area contributed by atoms with E-state index >= 15 is 0 Å². The number of hydrogen-bond acceptors (Lipinski definition) is 3. The minimum absolute atomic E-state index is 0.0979. The van der Waals surface area contributed by atoms with Crippen LogP contribution in [0.2, 0.25) is 0 Å². The smallest absolute Gasteiger partial charge is 0.233 e. The van der Waals surface area contributed by atoms with Gasteiger partial charge < -0.3 is 9.64 Å². The molecular weight excluding hydrogens is 561 g/mol. The number of halogens is 2. The zero-order chi connectivity index (χ0) is 29.8. The predicted octanol–water partition coefficient (Wildman–Crippen LogP) is 8.45. The Bertz CT molecular complexity index is 1600. The summed E-state index contributed by atoms with van der Waals surface area (Å²) in [5, 5.41) is -0.477. The number of anilines is 1. The summed E-state index contributed by atoms with van der Waals surface area (Å²) in [4.78, 5) is 26.4. The van der Waals surface area contributed by atoms with Crippen molar-refractivity contribution in [3.8, 4) is 5.75 Å². The van der Waals surface area contributed by atoms with Crippen LogP contribution in [0, 0.1) is 11.7 Å². The van der Waals surface area contributed by atoms with E-state index in [9.17, 15) is 14.0 Å². The van der Waals surface area contributed by atoms with Crippen molar-refractivity contribution in [2.45, 2.75) is 24.5 Å². The number of carbonyl (C=O) groups is 2. The lowest BCUT2D eigenvalue weighted by molar-refractivity contribution is -0.131. The van der Waals surface area contributed by atoms with E-state index in [0.717, 1.165) is 22.3 Å². The SMILES string of the molecule is O=C(Cl)CCC1C(=O)N(c2ccc(F)cc2)C1c1ccc(OC(c2ccccc2)(c2ccccc2)c2ccccc2)cc1. The molecular formula is C37H29ClFNO3. The summed E-state index contributed by atoms with van der Waals surface area (Å²) < 4.78 is 20.7. The number of benzene rings is 5. The Balaban J connectivity index is 1.39. The first kappa shape index (κ1) is 28.4. The van der Waals surface area contributed by atoms with Gasteiger partial charge in [-0.05, 0) is 60.0 Å². The molecule has 214 valence electrons. The van der Waals surface area contributed by atoms with Crippen LogP contribution >= 0.6 is 11.6 Å². The molecule has 2 atom stereocenters. The van der Waals surface area contributed by atoms with Crippen LogP contribution in [0.25, 0.3) is 0 Å². The van der Waals surface area contributed by atoms with Gasteiger partial charge in [0.25, 0.3) is 0 Å². The number of β-lactam (4-membered cyclic amide) rings is 1. The molecule has 5 aromatic rings. The van der Waals surface area contributed by atoms with Crippen molar-refractivity contribution in [3.05, 3.63) is 168 Å². The monoisotopic (exact) mass is 589 g/mol. The number of nitrogens with zero attached hydrogens (tertiary/aromatic N) is 1. The molecule has 4 nitrogen and oxygen atoms in total. The lowest BCUT2D eigenvalue weighted by atomic mass is 9.79. The molecule has 0 bridgehead atoms. The lowest BCUT2D eigenvalue weighted by Gasteiger charge is -2.47.